The predicted octanol–water partition coefficient (Wildman–Crippen LogP) is -1.19. The highest BCUT2D eigenvalue weighted by atomic mass is 16.2. The molecule has 0 saturated heterocycles. The van der Waals surface area contributed by atoms with Crippen LogP contribution in [0, 0.1) is 0 Å². The zero-order valence-corrected chi connectivity index (χ0v) is 5.92. The highest BCUT2D eigenvalue weighted by molar-refractivity contribution is 5.68. The van der Waals surface area contributed by atoms with Crippen molar-refractivity contribution in [2.24, 2.45) is 11.6 Å². The molecule has 1 amide bonds. The average Bonchev–Trinajstić information content (AvgIpc) is 1.64. The van der Waals surface area contributed by atoms with Gasteiger partial charge in [-0.2, -0.15) is 10.4 Å². The molecule has 0 rings (SSSR count). The summed E-state index contributed by atoms with van der Waals surface area (Å²) in [5.41, 5.74) is 5.14. The lowest BCUT2D eigenvalue weighted by molar-refractivity contribution is -0.826. The van der Waals surface area contributed by atoms with Crippen molar-refractivity contribution in [2.75, 3.05) is 20.6 Å². The molecule has 0 unspecified atom stereocenters. The van der Waals surface area contributed by atoms with Gasteiger partial charge in [-0.1, -0.05) is 0 Å². The Morgan fingerprint density at radius 2 is 2.00 bits per heavy atom. The molecule has 0 aromatic rings. The number of nitrogens with two attached hydrogens (primary N) is 2. The summed E-state index contributed by atoms with van der Waals surface area (Å²) in [4.78, 5) is 10.8. The Balaban J connectivity index is 3.74. The molecule has 54 valence electrons. The van der Waals surface area contributed by atoms with Crippen molar-refractivity contribution in [1.29, 1.82) is 0 Å². The Kier molecular flexibility index (Phi) is 2.76. The van der Waals surface area contributed by atoms with Gasteiger partial charge >= 0.3 is 5.91 Å². The molecule has 0 spiro atoms. The molecule has 0 fully saturated rings. The fraction of sp³-hybridized carbons (Fsp3) is 0.800. The van der Waals surface area contributed by atoms with Crippen LogP contribution in [0.5, 0.6) is 0 Å². The van der Waals surface area contributed by atoms with E-state index in [1.807, 2.05) is 0 Å². The van der Waals surface area contributed by atoms with E-state index in [4.69, 9.17) is 11.6 Å². The first-order valence-corrected chi connectivity index (χ1v) is 2.84. The normalized spacial score (nSPS) is 11.6. The number of carbonyl (C=O) groups is 1. The van der Waals surface area contributed by atoms with Gasteiger partial charge in [-0.3, -0.25) is 0 Å². The van der Waals surface area contributed by atoms with E-state index >= 15 is 0 Å². The van der Waals surface area contributed by atoms with Gasteiger partial charge in [0.05, 0.1) is 20.5 Å². The molecule has 0 aliphatic carbocycles. The standard InChI is InChI=1S/C5H14N3O/c1-8(2,7)5(9)3-4-6/h3-4,6-7H2,1-2H3/q+1. The van der Waals surface area contributed by atoms with Gasteiger partial charge in [0.1, 0.15) is 0 Å². The van der Waals surface area contributed by atoms with E-state index in [9.17, 15) is 4.79 Å². The van der Waals surface area contributed by atoms with E-state index < -0.39 is 0 Å². The SMILES string of the molecule is C[N+](C)(N)C(=O)CCN. The molecule has 0 aromatic carbocycles. The van der Waals surface area contributed by atoms with Crippen LogP contribution in [0.25, 0.3) is 0 Å². The Hall–Kier alpha value is -0.450. The molecule has 0 atom stereocenters. The van der Waals surface area contributed by atoms with Crippen LogP contribution in [-0.4, -0.2) is 31.1 Å². The Morgan fingerprint density at radius 1 is 1.56 bits per heavy atom. The summed E-state index contributed by atoms with van der Waals surface area (Å²) in [6.45, 7) is 0.373. The lowest BCUT2D eigenvalue weighted by atomic mass is 10.4. The number of carbonyl (C=O) groups excluding carboxylic acids is 1. The first-order chi connectivity index (χ1) is 3.98. The zero-order valence-electron chi connectivity index (χ0n) is 5.92. The summed E-state index contributed by atoms with van der Waals surface area (Å²) in [5.74, 6) is 5.35. The molecule has 0 aromatic heterocycles. The Labute approximate surface area is 55.0 Å². The van der Waals surface area contributed by atoms with E-state index in [0.717, 1.165) is 0 Å². The van der Waals surface area contributed by atoms with E-state index in [2.05, 4.69) is 0 Å². The summed E-state index contributed by atoms with van der Waals surface area (Å²) >= 11 is 0. The number of hydrogen-bond donors (Lipinski definition) is 2. The van der Waals surface area contributed by atoms with Gasteiger partial charge in [-0.05, 0) is 0 Å². The molecule has 0 radical (unpaired) electrons. The van der Waals surface area contributed by atoms with Crippen molar-refractivity contribution in [2.45, 2.75) is 6.42 Å². The minimum atomic E-state index is -0.128. The van der Waals surface area contributed by atoms with Crippen LogP contribution in [0.3, 0.4) is 0 Å². The van der Waals surface area contributed by atoms with Crippen molar-refractivity contribution in [3.8, 4) is 0 Å². The lowest BCUT2D eigenvalue weighted by Gasteiger charge is -2.18. The third-order valence-electron chi connectivity index (χ3n) is 1.00. The predicted molar refractivity (Wildman–Crippen MR) is 35.0 cm³/mol. The van der Waals surface area contributed by atoms with Crippen LogP contribution in [-0.2, 0) is 4.79 Å². The Morgan fingerprint density at radius 3 is 2.11 bits per heavy atom. The summed E-state index contributed by atoms with van der Waals surface area (Å²) < 4.78 is -0.128. The third-order valence-corrected chi connectivity index (χ3v) is 1.00. The summed E-state index contributed by atoms with van der Waals surface area (Å²) in [7, 11) is 3.25. The number of hydrogen-bond acceptors (Lipinski definition) is 3. The molecule has 0 aliphatic heterocycles. The van der Waals surface area contributed by atoms with Gasteiger partial charge in [-0.25, -0.2) is 4.79 Å². The van der Waals surface area contributed by atoms with Gasteiger partial charge in [0.2, 0.25) is 0 Å². The number of rotatable bonds is 2. The summed E-state index contributed by atoms with van der Waals surface area (Å²) in [6, 6.07) is 0. The molecule has 0 saturated carbocycles. The zero-order chi connectivity index (χ0) is 7.49. The topological polar surface area (TPSA) is 69.1 Å². The molecule has 0 bridgehead atoms. The maximum absolute atomic E-state index is 10.8. The van der Waals surface area contributed by atoms with Crippen LogP contribution in [0.4, 0.5) is 0 Å². The largest absolute Gasteiger partial charge is 0.333 e. The van der Waals surface area contributed by atoms with E-state index in [1.54, 1.807) is 14.1 Å². The summed E-state index contributed by atoms with van der Waals surface area (Å²) in [5, 5.41) is 0. The monoisotopic (exact) mass is 132 g/mol. The number of nitrogens with zero attached hydrogens (tertiary/aromatic N) is 1. The van der Waals surface area contributed by atoms with Crippen molar-refractivity contribution >= 4 is 5.91 Å². The van der Waals surface area contributed by atoms with Crippen LogP contribution >= 0.6 is 0 Å². The molecule has 4 nitrogen and oxygen atoms in total. The van der Waals surface area contributed by atoms with Gasteiger partial charge in [0.25, 0.3) is 0 Å². The van der Waals surface area contributed by atoms with E-state index in [1.165, 1.54) is 0 Å². The van der Waals surface area contributed by atoms with Crippen molar-refractivity contribution in [3.05, 3.63) is 0 Å². The molecule has 9 heavy (non-hydrogen) atoms. The first kappa shape index (κ1) is 8.55. The minimum absolute atomic E-state index is 0.0440. The van der Waals surface area contributed by atoms with Crippen molar-refractivity contribution in [1.82, 2.24) is 0 Å². The maximum atomic E-state index is 10.8. The lowest BCUT2D eigenvalue weighted by Crippen LogP contribution is -2.52. The molecule has 4 N–H and O–H groups in total. The van der Waals surface area contributed by atoms with Gasteiger partial charge < -0.3 is 5.73 Å². The molecule has 0 aliphatic rings. The molecular weight excluding hydrogens is 118 g/mol. The second-order valence-corrected chi connectivity index (χ2v) is 2.47. The smallest absolute Gasteiger partial charge is 0.330 e. The van der Waals surface area contributed by atoms with E-state index in [-0.39, 0.29) is 10.5 Å². The minimum Gasteiger partial charge on any atom is -0.330 e. The fourth-order valence-electron chi connectivity index (χ4n) is 0.412. The van der Waals surface area contributed by atoms with Crippen molar-refractivity contribution in [3.63, 3.8) is 0 Å². The quantitative estimate of drug-likeness (QED) is 0.215. The highest BCUT2D eigenvalue weighted by Crippen LogP contribution is 1.89. The van der Waals surface area contributed by atoms with Crippen LogP contribution in [0.1, 0.15) is 6.42 Å². The Bertz CT molecular complexity index is 105. The summed E-state index contributed by atoms with van der Waals surface area (Å²) in [6.07, 6.45) is 0.351. The van der Waals surface area contributed by atoms with Crippen LogP contribution < -0.4 is 11.6 Å². The van der Waals surface area contributed by atoms with Gasteiger partial charge in [-0.15, -0.1) is 0 Å². The van der Waals surface area contributed by atoms with Gasteiger partial charge in [0, 0.05) is 6.54 Å². The molecule has 0 heterocycles. The number of quaternary nitrogens is 1. The molecule has 4 heteroatoms. The van der Waals surface area contributed by atoms with Gasteiger partial charge in [0.15, 0.2) is 0 Å². The highest BCUT2D eigenvalue weighted by Gasteiger charge is 2.19. The second kappa shape index (κ2) is 2.91. The maximum Gasteiger partial charge on any atom is 0.333 e. The fourth-order valence-corrected chi connectivity index (χ4v) is 0.412. The first-order valence-electron chi connectivity index (χ1n) is 2.84. The van der Waals surface area contributed by atoms with Crippen LogP contribution in [0.2, 0.25) is 0 Å². The van der Waals surface area contributed by atoms with Crippen molar-refractivity contribution < 1.29 is 9.39 Å². The van der Waals surface area contributed by atoms with Crippen LogP contribution in [0.15, 0.2) is 0 Å². The average molecular weight is 132 g/mol. The second-order valence-electron chi connectivity index (χ2n) is 2.47. The van der Waals surface area contributed by atoms with E-state index in [0.29, 0.717) is 13.0 Å². The molecular formula is C5H14N3O+. The third kappa shape index (κ3) is 3.18. The number of amides is 1.